The molecule has 166 valence electrons. The summed E-state index contributed by atoms with van der Waals surface area (Å²) in [5.41, 5.74) is 3.86. The Hall–Kier alpha value is -2.34. The summed E-state index contributed by atoms with van der Waals surface area (Å²) in [5, 5.41) is 9.83. The van der Waals surface area contributed by atoms with Gasteiger partial charge in [-0.2, -0.15) is 5.26 Å². The lowest BCUT2D eigenvalue weighted by Crippen LogP contribution is -2.13. The van der Waals surface area contributed by atoms with Crippen LogP contribution in [0.1, 0.15) is 94.2 Å². The van der Waals surface area contributed by atoms with E-state index < -0.39 is 0 Å². The molecule has 3 heteroatoms. The zero-order valence-electron chi connectivity index (χ0n) is 19.3. The van der Waals surface area contributed by atoms with Crippen molar-refractivity contribution in [2.75, 3.05) is 7.11 Å². The maximum atomic E-state index is 14.8. The van der Waals surface area contributed by atoms with Crippen molar-refractivity contribution in [3.05, 3.63) is 52.8 Å². The predicted octanol–water partition coefficient (Wildman–Crippen LogP) is 8.18. The standard InChI is InChI=1S/C28H36FNO/c1-4-6-7-8-9-20-10-12-22(13-11-20)23-15-16-25(24(18-23)19-30)26-17-14-21(5-2)27(29)28(26)31-3/h14-18,20,22H,4-13H2,1-3H3. The summed E-state index contributed by atoms with van der Waals surface area (Å²) in [6, 6.07) is 12.1. The van der Waals surface area contributed by atoms with Gasteiger partial charge in [-0.25, -0.2) is 4.39 Å². The lowest BCUT2D eigenvalue weighted by molar-refractivity contribution is 0.302. The lowest BCUT2D eigenvalue weighted by atomic mass is 9.76. The molecule has 0 bridgehead atoms. The summed E-state index contributed by atoms with van der Waals surface area (Å²) in [6.45, 7) is 4.19. The fourth-order valence-corrected chi connectivity index (χ4v) is 5.07. The highest BCUT2D eigenvalue weighted by Gasteiger charge is 2.24. The average molecular weight is 422 g/mol. The SMILES string of the molecule is CCCCCCC1CCC(c2ccc(-c3ccc(CC)c(F)c3OC)c(C#N)c2)CC1. The Balaban J connectivity index is 1.75. The van der Waals surface area contributed by atoms with Crippen LogP contribution in [0, 0.1) is 23.1 Å². The van der Waals surface area contributed by atoms with E-state index in [1.54, 1.807) is 6.07 Å². The molecule has 2 aromatic carbocycles. The third kappa shape index (κ3) is 5.48. The molecule has 0 radical (unpaired) electrons. The molecule has 0 unspecified atom stereocenters. The van der Waals surface area contributed by atoms with E-state index in [1.165, 1.54) is 70.5 Å². The van der Waals surface area contributed by atoms with Crippen LogP contribution in [0.2, 0.25) is 0 Å². The maximum Gasteiger partial charge on any atom is 0.168 e. The number of methoxy groups -OCH3 is 1. The summed E-state index contributed by atoms with van der Waals surface area (Å²) >= 11 is 0. The Labute approximate surface area is 187 Å². The van der Waals surface area contributed by atoms with E-state index in [0.29, 0.717) is 29.0 Å². The first kappa shape index (κ1) is 23.3. The number of unbranched alkanes of at least 4 members (excludes halogenated alkanes) is 3. The van der Waals surface area contributed by atoms with Gasteiger partial charge in [-0.1, -0.05) is 70.2 Å². The number of hydrogen-bond donors (Lipinski definition) is 0. The topological polar surface area (TPSA) is 33.0 Å². The molecule has 2 nitrogen and oxygen atoms in total. The molecule has 1 saturated carbocycles. The Kier molecular flexibility index (Phi) is 8.52. The molecule has 0 spiro atoms. The molecule has 0 atom stereocenters. The van der Waals surface area contributed by atoms with Gasteiger partial charge in [0, 0.05) is 11.1 Å². The average Bonchev–Trinajstić information content (AvgIpc) is 2.81. The summed E-state index contributed by atoms with van der Waals surface area (Å²) in [7, 11) is 1.49. The molecule has 31 heavy (non-hydrogen) atoms. The number of hydrogen-bond acceptors (Lipinski definition) is 2. The van der Waals surface area contributed by atoms with Crippen molar-refractivity contribution in [2.45, 2.75) is 84.0 Å². The Morgan fingerprint density at radius 2 is 1.74 bits per heavy atom. The fourth-order valence-electron chi connectivity index (χ4n) is 5.07. The van der Waals surface area contributed by atoms with Crippen molar-refractivity contribution in [1.29, 1.82) is 5.26 Å². The molecule has 1 aliphatic rings. The molecule has 0 saturated heterocycles. The Morgan fingerprint density at radius 3 is 2.39 bits per heavy atom. The molecule has 0 heterocycles. The number of ether oxygens (including phenoxy) is 1. The van der Waals surface area contributed by atoms with Crippen LogP contribution in [-0.2, 0) is 6.42 Å². The molecule has 1 aliphatic carbocycles. The van der Waals surface area contributed by atoms with Crippen LogP contribution in [-0.4, -0.2) is 7.11 Å². The van der Waals surface area contributed by atoms with E-state index in [0.717, 1.165) is 11.5 Å². The van der Waals surface area contributed by atoms with Gasteiger partial charge in [0.2, 0.25) is 0 Å². The van der Waals surface area contributed by atoms with Crippen LogP contribution in [0.15, 0.2) is 30.3 Å². The van der Waals surface area contributed by atoms with Crippen molar-refractivity contribution >= 4 is 0 Å². The largest absolute Gasteiger partial charge is 0.493 e. The summed E-state index contributed by atoms with van der Waals surface area (Å²) in [6.07, 6.45) is 12.3. The Bertz CT molecular complexity index is 906. The molecule has 3 rings (SSSR count). The first-order valence-electron chi connectivity index (χ1n) is 12.0. The molecule has 0 aromatic heterocycles. The van der Waals surface area contributed by atoms with Crippen LogP contribution in [0.25, 0.3) is 11.1 Å². The first-order valence-corrected chi connectivity index (χ1v) is 12.0. The minimum Gasteiger partial charge on any atom is -0.493 e. The number of benzene rings is 2. The van der Waals surface area contributed by atoms with E-state index >= 15 is 0 Å². The van der Waals surface area contributed by atoms with Crippen LogP contribution >= 0.6 is 0 Å². The third-order valence-electron chi connectivity index (χ3n) is 7.00. The van der Waals surface area contributed by atoms with Crippen LogP contribution in [0.5, 0.6) is 5.75 Å². The van der Waals surface area contributed by atoms with Crippen molar-refractivity contribution in [1.82, 2.24) is 0 Å². The van der Waals surface area contributed by atoms with Crippen LogP contribution in [0.4, 0.5) is 4.39 Å². The van der Waals surface area contributed by atoms with Crippen LogP contribution in [0.3, 0.4) is 0 Å². The number of rotatable bonds is 9. The molecule has 0 N–H and O–H groups in total. The van der Waals surface area contributed by atoms with Gasteiger partial charge in [0.1, 0.15) is 0 Å². The monoisotopic (exact) mass is 421 g/mol. The van der Waals surface area contributed by atoms with Crippen molar-refractivity contribution < 1.29 is 9.13 Å². The second kappa shape index (κ2) is 11.3. The summed E-state index contributed by atoms with van der Waals surface area (Å²) in [5.74, 6) is 1.29. The maximum absolute atomic E-state index is 14.8. The highest BCUT2D eigenvalue weighted by Crippen LogP contribution is 2.41. The first-order chi connectivity index (χ1) is 15.1. The van der Waals surface area contributed by atoms with Gasteiger partial charge in [-0.05, 0) is 61.1 Å². The van der Waals surface area contributed by atoms with Crippen LogP contribution < -0.4 is 4.74 Å². The highest BCUT2D eigenvalue weighted by atomic mass is 19.1. The summed E-state index contributed by atoms with van der Waals surface area (Å²) < 4.78 is 20.2. The number of nitriles is 1. The van der Waals surface area contributed by atoms with Gasteiger partial charge in [0.15, 0.2) is 11.6 Å². The van der Waals surface area contributed by atoms with E-state index in [2.05, 4.69) is 19.1 Å². The second-order valence-corrected chi connectivity index (χ2v) is 8.96. The smallest absolute Gasteiger partial charge is 0.168 e. The van der Waals surface area contributed by atoms with Gasteiger partial charge >= 0.3 is 0 Å². The molecule has 1 fully saturated rings. The Morgan fingerprint density at radius 1 is 1.00 bits per heavy atom. The van der Waals surface area contributed by atoms with Crippen molar-refractivity contribution in [2.24, 2.45) is 5.92 Å². The van der Waals surface area contributed by atoms with Gasteiger partial charge in [-0.3, -0.25) is 0 Å². The van der Waals surface area contributed by atoms with E-state index in [1.807, 2.05) is 25.1 Å². The second-order valence-electron chi connectivity index (χ2n) is 8.96. The lowest BCUT2D eigenvalue weighted by Gasteiger charge is -2.29. The number of halogens is 1. The molecule has 2 aromatic rings. The van der Waals surface area contributed by atoms with Gasteiger partial charge in [0.05, 0.1) is 18.7 Å². The third-order valence-corrected chi connectivity index (χ3v) is 7.00. The van der Waals surface area contributed by atoms with Crippen molar-refractivity contribution in [3.8, 4) is 22.9 Å². The predicted molar refractivity (Wildman–Crippen MR) is 126 cm³/mol. The highest BCUT2D eigenvalue weighted by molar-refractivity contribution is 5.77. The zero-order chi connectivity index (χ0) is 22.2. The normalized spacial score (nSPS) is 18.5. The minimum atomic E-state index is -0.326. The van der Waals surface area contributed by atoms with Crippen molar-refractivity contribution in [3.63, 3.8) is 0 Å². The number of nitrogens with zero attached hydrogens (tertiary/aromatic N) is 1. The molecular formula is C28H36FNO. The molecule has 0 aliphatic heterocycles. The fraction of sp³-hybridized carbons (Fsp3) is 0.536. The molecule has 0 amide bonds. The zero-order valence-corrected chi connectivity index (χ0v) is 19.3. The van der Waals surface area contributed by atoms with Gasteiger partial charge in [-0.15, -0.1) is 0 Å². The van der Waals surface area contributed by atoms with Gasteiger partial charge in [0.25, 0.3) is 0 Å². The quantitative estimate of drug-likeness (QED) is 0.382. The molecular weight excluding hydrogens is 385 g/mol. The van der Waals surface area contributed by atoms with E-state index in [9.17, 15) is 9.65 Å². The number of aryl methyl sites for hydroxylation is 1. The van der Waals surface area contributed by atoms with Gasteiger partial charge < -0.3 is 4.74 Å². The summed E-state index contributed by atoms with van der Waals surface area (Å²) in [4.78, 5) is 0. The minimum absolute atomic E-state index is 0.229. The van der Waals surface area contributed by atoms with E-state index in [-0.39, 0.29) is 11.6 Å². The van der Waals surface area contributed by atoms with E-state index in [4.69, 9.17) is 4.74 Å².